The summed E-state index contributed by atoms with van der Waals surface area (Å²) >= 11 is 0. The first-order valence-electron chi connectivity index (χ1n) is 6.08. The van der Waals surface area contributed by atoms with Crippen LogP contribution in [0.1, 0.15) is 45.4 Å². The number of hydrogen-bond donors (Lipinski definition) is 2. The Labute approximate surface area is 112 Å². The Bertz CT molecular complexity index is 473. The predicted molar refractivity (Wildman–Crippen MR) is 68.4 cm³/mol. The van der Waals surface area contributed by atoms with E-state index in [4.69, 9.17) is 9.52 Å². The Balaban J connectivity index is 2.80. The molecular weight excluding hydrogens is 248 g/mol. The first-order valence-corrected chi connectivity index (χ1v) is 6.08. The van der Waals surface area contributed by atoms with E-state index in [1.807, 2.05) is 0 Å². The molecule has 1 aromatic rings. The van der Waals surface area contributed by atoms with Crippen molar-refractivity contribution in [3.8, 4) is 0 Å². The molecule has 0 bridgehead atoms. The molecule has 6 nitrogen and oxygen atoms in total. The minimum atomic E-state index is -1.14. The maximum atomic E-state index is 12.1. The number of carboxylic acid groups (broad SMARTS) is 1. The molecule has 0 aliphatic rings. The largest absolute Gasteiger partial charge is 0.481 e. The third-order valence-corrected chi connectivity index (χ3v) is 2.74. The second kappa shape index (κ2) is 5.42. The quantitative estimate of drug-likeness (QED) is 0.814. The molecule has 0 radical (unpaired) electrons. The summed E-state index contributed by atoms with van der Waals surface area (Å²) in [5, 5.41) is 11.8. The van der Waals surface area contributed by atoms with Crippen molar-refractivity contribution in [2.45, 2.75) is 40.7 Å². The number of carboxylic acids is 1. The Morgan fingerprint density at radius 1 is 1.42 bits per heavy atom. The monoisotopic (exact) mass is 268 g/mol. The van der Waals surface area contributed by atoms with Crippen LogP contribution >= 0.6 is 0 Å². The highest BCUT2D eigenvalue weighted by Crippen LogP contribution is 2.27. The standard InChI is InChI=1S/C13H20N2O4/c1-7-6-14-11(19-7)8(2)15-10(16)9(12(17)18)13(3,4)5/h6,8-9H,1-5H3,(H,15,16)(H,17,18). The van der Waals surface area contributed by atoms with Crippen LogP contribution in [0.25, 0.3) is 0 Å². The van der Waals surface area contributed by atoms with Gasteiger partial charge < -0.3 is 14.8 Å². The third kappa shape index (κ3) is 3.81. The number of aryl methyl sites for hydroxylation is 1. The van der Waals surface area contributed by atoms with Crippen LogP contribution in [0.4, 0.5) is 0 Å². The minimum Gasteiger partial charge on any atom is -0.481 e. The van der Waals surface area contributed by atoms with Crippen LogP contribution in [0, 0.1) is 18.3 Å². The second-order valence-electron chi connectivity index (χ2n) is 5.68. The average molecular weight is 268 g/mol. The van der Waals surface area contributed by atoms with Gasteiger partial charge in [-0.15, -0.1) is 0 Å². The molecule has 1 rings (SSSR count). The highest BCUT2D eigenvalue weighted by Gasteiger charge is 2.38. The molecule has 19 heavy (non-hydrogen) atoms. The van der Waals surface area contributed by atoms with Crippen molar-refractivity contribution in [1.29, 1.82) is 0 Å². The minimum absolute atomic E-state index is 0.365. The van der Waals surface area contributed by atoms with Gasteiger partial charge in [0, 0.05) is 0 Å². The van der Waals surface area contributed by atoms with Crippen LogP contribution < -0.4 is 5.32 Å². The molecule has 0 aromatic carbocycles. The lowest BCUT2D eigenvalue weighted by Gasteiger charge is -2.26. The molecule has 0 aliphatic carbocycles. The Morgan fingerprint density at radius 2 is 2.00 bits per heavy atom. The van der Waals surface area contributed by atoms with Gasteiger partial charge in [-0.1, -0.05) is 20.8 Å². The van der Waals surface area contributed by atoms with Gasteiger partial charge in [-0.25, -0.2) is 4.98 Å². The number of rotatable bonds is 4. The summed E-state index contributed by atoms with van der Waals surface area (Å²) in [5.41, 5.74) is -0.665. The van der Waals surface area contributed by atoms with Gasteiger partial charge in [-0.05, 0) is 19.3 Å². The lowest BCUT2D eigenvalue weighted by Crippen LogP contribution is -2.43. The number of aliphatic carboxylic acids is 1. The molecule has 106 valence electrons. The fraction of sp³-hybridized carbons (Fsp3) is 0.615. The molecule has 1 amide bonds. The van der Waals surface area contributed by atoms with Gasteiger partial charge in [0.1, 0.15) is 17.7 Å². The molecule has 1 aromatic heterocycles. The summed E-state index contributed by atoms with van der Waals surface area (Å²) in [4.78, 5) is 27.3. The summed E-state index contributed by atoms with van der Waals surface area (Å²) in [7, 11) is 0. The van der Waals surface area contributed by atoms with Gasteiger partial charge in [0.2, 0.25) is 11.8 Å². The van der Waals surface area contributed by atoms with Crippen LogP contribution in [0.2, 0.25) is 0 Å². The Kier molecular flexibility index (Phi) is 4.34. The number of amides is 1. The van der Waals surface area contributed by atoms with Crippen molar-refractivity contribution in [3.63, 3.8) is 0 Å². The highest BCUT2D eigenvalue weighted by molar-refractivity contribution is 5.97. The second-order valence-corrected chi connectivity index (χ2v) is 5.68. The van der Waals surface area contributed by atoms with E-state index in [0.717, 1.165) is 0 Å². The molecular formula is C13H20N2O4. The summed E-state index contributed by atoms with van der Waals surface area (Å²) in [6, 6.07) is -0.467. The average Bonchev–Trinajstić information content (AvgIpc) is 2.61. The summed E-state index contributed by atoms with van der Waals surface area (Å²) in [6.45, 7) is 8.59. The van der Waals surface area contributed by atoms with Crippen molar-refractivity contribution >= 4 is 11.9 Å². The van der Waals surface area contributed by atoms with Crippen molar-refractivity contribution in [3.05, 3.63) is 17.8 Å². The summed E-state index contributed by atoms with van der Waals surface area (Å²) in [6.07, 6.45) is 1.55. The molecule has 0 saturated carbocycles. The topological polar surface area (TPSA) is 92.4 Å². The summed E-state index contributed by atoms with van der Waals surface area (Å²) in [5.74, 6) is -1.79. The van der Waals surface area contributed by atoms with E-state index in [0.29, 0.717) is 11.7 Å². The summed E-state index contributed by atoms with van der Waals surface area (Å²) < 4.78 is 5.30. The fourth-order valence-corrected chi connectivity index (χ4v) is 1.81. The van der Waals surface area contributed by atoms with Crippen molar-refractivity contribution in [2.75, 3.05) is 0 Å². The molecule has 6 heteroatoms. The smallest absolute Gasteiger partial charge is 0.316 e. The molecule has 1 heterocycles. The number of nitrogens with one attached hydrogen (secondary N) is 1. The molecule has 0 saturated heterocycles. The van der Waals surface area contributed by atoms with E-state index < -0.39 is 29.3 Å². The predicted octanol–water partition coefficient (Wildman–Crippen LogP) is 1.91. The van der Waals surface area contributed by atoms with E-state index in [-0.39, 0.29) is 0 Å². The zero-order chi connectivity index (χ0) is 14.8. The van der Waals surface area contributed by atoms with Crippen molar-refractivity contribution in [1.82, 2.24) is 10.3 Å². The molecule has 2 unspecified atom stereocenters. The van der Waals surface area contributed by atoms with Crippen LogP contribution in [0.15, 0.2) is 10.6 Å². The number of oxazole rings is 1. The number of carbonyl (C=O) groups excluding carboxylic acids is 1. The zero-order valence-electron chi connectivity index (χ0n) is 11.9. The molecule has 0 aliphatic heterocycles. The number of carbonyl (C=O) groups is 2. The Morgan fingerprint density at radius 3 is 2.37 bits per heavy atom. The SMILES string of the molecule is Cc1cnc(C(C)NC(=O)C(C(=O)O)C(C)(C)C)o1. The van der Waals surface area contributed by atoms with Crippen LogP contribution in [-0.2, 0) is 9.59 Å². The maximum absolute atomic E-state index is 12.1. The van der Waals surface area contributed by atoms with Crippen molar-refractivity contribution < 1.29 is 19.1 Å². The van der Waals surface area contributed by atoms with E-state index >= 15 is 0 Å². The zero-order valence-corrected chi connectivity index (χ0v) is 11.9. The fourth-order valence-electron chi connectivity index (χ4n) is 1.81. The van der Waals surface area contributed by atoms with Crippen molar-refractivity contribution in [2.24, 2.45) is 11.3 Å². The van der Waals surface area contributed by atoms with E-state index in [1.54, 1.807) is 40.8 Å². The molecule has 0 fully saturated rings. The van der Waals surface area contributed by atoms with Crippen LogP contribution in [0.3, 0.4) is 0 Å². The van der Waals surface area contributed by atoms with Gasteiger partial charge in [0.25, 0.3) is 0 Å². The lowest BCUT2D eigenvalue weighted by atomic mass is 9.80. The van der Waals surface area contributed by atoms with E-state index in [9.17, 15) is 9.59 Å². The van der Waals surface area contributed by atoms with Crippen LogP contribution in [0.5, 0.6) is 0 Å². The number of nitrogens with zero attached hydrogens (tertiary/aromatic N) is 1. The maximum Gasteiger partial charge on any atom is 0.316 e. The van der Waals surface area contributed by atoms with E-state index in [2.05, 4.69) is 10.3 Å². The lowest BCUT2D eigenvalue weighted by molar-refractivity contribution is -0.151. The molecule has 0 spiro atoms. The number of aromatic nitrogens is 1. The van der Waals surface area contributed by atoms with Gasteiger partial charge in [0.15, 0.2) is 0 Å². The van der Waals surface area contributed by atoms with E-state index in [1.165, 1.54) is 0 Å². The first kappa shape index (κ1) is 15.2. The van der Waals surface area contributed by atoms with Gasteiger partial charge in [0.05, 0.1) is 6.20 Å². The third-order valence-electron chi connectivity index (χ3n) is 2.74. The van der Waals surface area contributed by atoms with Crippen LogP contribution in [-0.4, -0.2) is 22.0 Å². The normalized spacial score (nSPS) is 14.8. The van der Waals surface area contributed by atoms with Gasteiger partial charge >= 0.3 is 5.97 Å². The first-order chi connectivity index (χ1) is 8.62. The highest BCUT2D eigenvalue weighted by atomic mass is 16.4. The Hall–Kier alpha value is -1.85. The molecule has 2 N–H and O–H groups in total. The number of hydrogen-bond acceptors (Lipinski definition) is 4. The van der Waals surface area contributed by atoms with Gasteiger partial charge in [-0.3, -0.25) is 9.59 Å². The van der Waals surface area contributed by atoms with Gasteiger partial charge in [-0.2, -0.15) is 0 Å². The molecule has 2 atom stereocenters.